The first kappa shape index (κ1) is 19.5. The number of ether oxygens (including phenoxy) is 1. The Hall–Kier alpha value is -1.85. The van der Waals surface area contributed by atoms with E-state index in [2.05, 4.69) is 18.3 Å². The molecule has 0 radical (unpaired) electrons. The lowest BCUT2D eigenvalue weighted by Crippen LogP contribution is -2.42. The van der Waals surface area contributed by atoms with E-state index in [0.717, 1.165) is 32.2 Å². The summed E-state index contributed by atoms with van der Waals surface area (Å²) in [5.74, 6) is 0.249. The number of hydrogen-bond acceptors (Lipinski definition) is 5. The Morgan fingerprint density at radius 2 is 2.07 bits per heavy atom. The molecule has 0 amide bonds. The van der Waals surface area contributed by atoms with Gasteiger partial charge in [0.05, 0.1) is 5.41 Å². The summed E-state index contributed by atoms with van der Waals surface area (Å²) < 4.78 is 5.51. The SMILES string of the molecule is CCCc1cc2c(s1)CN[C@@H]1CCc3cc(OC(=O)C(C)(C)C)c(O)cc3[C@@H]21. The number of carbonyl (C=O) groups is 1. The van der Waals surface area contributed by atoms with Crippen molar-refractivity contribution in [2.45, 2.75) is 71.9 Å². The van der Waals surface area contributed by atoms with E-state index < -0.39 is 5.41 Å². The van der Waals surface area contributed by atoms with Gasteiger partial charge in [0.25, 0.3) is 0 Å². The predicted molar refractivity (Wildman–Crippen MR) is 112 cm³/mol. The summed E-state index contributed by atoms with van der Waals surface area (Å²) in [4.78, 5) is 15.1. The monoisotopic (exact) mass is 399 g/mol. The van der Waals surface area contributed by atoms with Crippen LogP contribution >= 0.6 is 11.3 Å². The number of hydrogen-bond donors (Lipinski definition) is 2. The number of aromatic hydroxyl groups is 1. The summed E-state index contributed by atoms with van der Waals surface area (Å²) >= 11 is 1.91. The van der Waals surface area contributed by atoms with E-state index in [9.17, 15) is 9.90 Å². The maximum absolute atomic E-state index is 12.3. The zero-order valence-corrected chi connectivity index (χ0v) is 17.9. The number of thiophene rings is 1. The van der Waals surface area contributed by atoms with Gasteiger partial charge in [-0.1, -0.05) is 13.3 Å². The van der Waals surface area contributed by atoms with Crippen LogP contribution in [0.5, 0.6) is 11.5 Å². The third kappa shape index (κ3) is 3.46. The first-order chi connectivity index (χ1) is 13.3. The van der Waals surface area contributed by atoms with E-state index in [1.807, 2.05) is 44.2 Å². The van der Waals surface area contributed by atoms with Gasteiger partial charge in [0.2, 0.25) is 0 Å². The van der Waals surface area contributed by atoms with Crippen LogP contribution in [-0.2, 0) is 24.2 Å². The molecule has 2 atom stereocenters. The van der Waals surface area contributed by atoms with Gasteiger partial charge >= 0.3 is 5.97 Å². The van der Waals surface area contributed by atoms with Gasteiger partial charge in [-0.3, -0.25) is 4.79 Å². The minimum Gasteiger partial charge on any atom is -0.504 e. The predicted octanol–water partition coefficient (Wildman–Crippen LogP) is 4.91. The Bertz CT molecular complexity index is 909. The molecule has 2 N–H and O–H groups in total. The van der Waals surface area contributed by atoms with Crippen LogP contribution in [-0.4, -0.2) is 17.1 Å². The number of nitrogens with one attached hydrogen (secondary N) is 1. The van der Waals surface area contributed by atoms with Gasteiger partial charge in [-0.15, -0.1) is 11.3 Å². The standard InChI is InChI=1S/C23H29NO3S/c1-5-6-14-10-16-20(28-14)12-24-17-8-7-13-9-19(27-22(26)23(2,3)4)18(25)11-15(13)21(16)17/h9-11,17,21,24-25H,5-8,12H2,1-4H3/t17-,21+/m1/s1. The molecule has 2 heterocycles. The van der Waals surface area contributed by atoms with Crippen LogP contribution in [0.1, 0.15) is 72.9 Å². The van der Waals surface area contributed by atoms with Crippen LogP contribution in [0.3, 0.4) is 0 Å². The van der Waals surface area contributed by atoms with Gasteiger partial charge in [-0.05, 0) is 74.9 Å². The third-order valence-corrected chi connectivity index (χ3v) is 6.96. The molecular weight excluding hydrogens is 370 g/mol. The second-order valence-corrected chi connectivity index (χ2v) is 10.2. The molecule has 0 saturated carbocycles. The fourth-order valence-corrected chi connectivity index (χ4v) is 5.53. The van der Waals surface area contributed by atoms with Gasteiger partial charge in [-0.2, -0.15) is 0 Å². The minimum atomic E-state index is -0.609. The number of rotatable bonds is 3. The normalized spacial score (nSPS) is 20.9. The summed E-state index contributed by atoms with van der Waals surface area (Å²) in [5.41, 5.74) is 3.14. The molecule has 5 heteroatoms. The molecule has 0 unspecified atom stereocenters. The minimum absolute atomic E-state index is 0.0492. The molecular formula is C23H29NO3S. The van der Waals surface area contributed by atoms with E-state index in [0.29, 0.717) is 6.04 Å². The fraction of sp³-hybridized carbons (Fsp3) is 0.522. The largest absolute Gasteiger partial charge is 0.504 e. The first-order valence-electron chi connectivity index (χ1n) is 10.2. The van der Waals surface area contributed by atoms with Crippen molar-refractivity contribution >= 4 is 17.3 Å². The molecule has 2 aromatic rings. The maximum atomic E-state index is 12.3. The summed E-state index contributed by atoms with van der Waals surface area (Å²) in [6.45, 7) is 8.60. The Balaban J connectivity index is 1.71. The molecule has 4 rings (SSSR count). The van der Waals surface area contributed by atoms with Gasteiger partial charge in [0.1, 0.15) is 0 Å². The lowest BCUT2D eigenvalue weighted by Gasteiger charge is -2.38. The molecule has 0 fully saturated rings. The molecule has 1 aliphatic heterocycles. The Morgan fingerprint density at radius 1 is 1.29 bits per heavy atom. The smallest absolute Gasteiger partial charge is 0.316 e. The van der Waals surface area contributed by atoms with Crippen molar-refractivity contribution in [1.29, 1.82) is 0 Å². The van der Waals surface area contributed by atoms with Crippen molar-refractivity contribution in [3.8, 4) is 11.5 Å². The van der Waals surface area contributed by atoms with Crippen molar-refractivity contribution in [3.05, 3.63) is 44.6 Å². The van der Waals surface area contributed by atoms with Gasteiger partial charge in [-0.25, -0.2) is 0 Å². The average molecular weight is 400 g/mol. The van der Waals surface area contributed by atoms with E-state index in [1.54, 1.807) is 0 Å². The van der Waals surface area contributed by atoms with Crippen LogP contribution in [0.25, 0.3) is 0 Å². The molecule has 1 aliphatic carbocycles. The maximum Gasteiger partial charge on any atom is 0.316 e. The number of phenolic OH excluding ortho intramolecular Hbond substituents is 1. The highest BCUT2D eigenvalue weighted by molar-refractivity contribution is 7.12. The molecule has 4 nitrogen and oxygen atoms in total. The zero-order valence-electron chi connectivity index (χ0n) is 17.1. The lowest BCUT2D eigenvalue weighted by atomic mass is 9.74. The topological polar surface area (TPSA) is 58.6 Å². The van der Waals surface area contributed by atoms with Gasteiger partial charge in [0.15, 0.2) is 11.5 Å². The number of phenols is 1. The number of esters is 1. The van der Waals surface area contributed by atoms with Crippen LogP contribution in [0, 0.1) is 5.41 Å². The molecule has 1 aromatic carbocycles. The van der Waals surface area contributed by atoms with Gasteiger partial charge in [0, 0.05) is 28.3 Å². The molecule has 28 heavy (non-hydrogen) atoms. The van der Waals surface area contributed by atoms with E-state index in [1.165, 1.54) is 26.4 Å². The summed E-state index contributed by atoms with van der Waals surface area (Å²) in [5, 5.41) is 14.3. The number of benzene rings is 1. The van der Waals surface area contributed by atoms with Crippen LogP contribution in [0.15, 0.2) is 18.2 Å². The molecule has 0 spiro atoms. The van der Waals surface area contributed by atoms with Crippen LogP contribution in [0.4, 0.5) is 0 Å². The number of aryl methyl sites for hydroxylation is 2. The molecule has 0 bridgehead atoms. The van der Waals surface area contributed by atoms with Crippen LogP contribution in [0.2, 0.25) is 0 Å². The average Bonchev–Trinajstić information content (AvgIpc) is 3.04. The summed E-state index contributed by atoms with van der Waals surface area (Å²) in [6.07, 6.45) is 4.24. The number of carbonyl (C=O) groups excluding carboxylic acids is 1. The van der Waals surface area contributed by atoms with Crippen molar-refractivity contribution in [2.75, 3.05) is 0 Å². The molecule has 150 valence electrons. The molecule has 0 saturated heterocycles. The van der Waals surface area contributed by atoms with Crippen molar-refractivity contribution < 1.29 is 14.6 Å². The van der Waals surface area contributed by atoms with E-state index in [-0.39, 0.29) is 23.4 Å². The Morgan fingerprint density at radius 3 is 2.79 bits per heavy atom. The van der Waals surface area contributed by atoms with Gasteiger partial charge < -0.3 is 15.2 Å². The van der Waals surface area contributed by atoms with E-state index >= 15 is 0 Å². The number of fused-ring (bicyclic) bond motifs is 5. The summed E-state index contributed by atoms with van der Waals surface area (Å²) in [7, 11) is 0. The highest BCUT2D eigenvalue weighted by Gasteiger charge is 2.37. The molecule has 2 aliphatic rings. The van der Waals surface area contributed by atoms with Crippen molar-refractivity contribution in [1.82, 2.24) is 5.32 Å². The second-order valence-electron chi connectivity index (χ2n) is 9.00. The van der Waals surface area contributed by atoms with Crippen LogP contribution < -0.4 is 10.1 Å². The van der Waals surface area contributed by atoms with Crippen molar-refractivity contribution in [2.24, 2.45) is 5.41 Å². The van der Waals surface area contributed by atoms with Crippen molar-refractivity contribution in [3.63, 3.8) is 0 Å². The fourth-order valence-electron chi connectivity index (χ4n) is 4.26. The molecule has 1 aromatic heterocycles. The Kier molecular flexibility index (Phi) is 5.00. The summed E-state index contributed by atoms with van der Waals surface area (Å²) in [6, 6.07) is 6.47. The quantitative estimate of drug-likeness (QED) is 0.569. The lowest BCUT2D eigenvalue weighted by molar-refractivity contribution is -0.143. The highest BCUT2D eigenvalue weighted by atomic mass is 32.1. The van der Waals surface area contributed by atoms with E-state index in [4.69, 9.17) is 4.74 Å². The highest BCUT2D eigenvalue weighted by Crippen LogP contribution is 2.46. The zero-order chi connectivity index (χ0) is 20.1. The second kappa shape index (κ2) is 7.20. The first-order valence-corrected chi connectivity index (χ1v) is 11.0. The Labute approximate surface area is 170 Å². The third-order valence-electron chi connectivity index (χ3n) is 5.75.